The second kappa shape index (κ2) is 6.46. The van der Waals surface area contributed by atoms with Gasteiger partial charge in [0.05, 0.1) is 0 Å². The summed E-state index contributed by atoms with van der Waals surface area (Å²) < 4.78 is 0. The Morgan fingerprint density at radius 1 is 1.14 bits per heavy atom. The summed E-state index contributed by atoms with van der Waals surface area (Å²) in [6, 6.07) is 1.60. The molecule has 3 aliphatic rings. The summed E-state index contributed by atoms with van der Waals surface area (Å²) in [5.74, 6) is 0. The molecule has 0 spiro atoms. The van der Waals surface area contributed by atoms with Crippen molar-refractivity contribution in [2.75, 3.05) is 37.6 Å². The molecule has 5 heteroatoms. The second-order valence-electron chi connectivity index (χ2n) is 7.23. The molecule has 0 aromatic carbocycles. The summed E-state index contributed by atoms with van der Waals surface area (Å²) in [6.45, 7) is 9.73. The number of aromatic nitrogens is 1. The molecule has 0 saturated carbocycles. The average molecular weight is 321 g/mol. The molecule has 1 atom stereocenters. The maximum atomic E-state index is 4.64. The van der Waals surface area contributed by atoms with Crippen LogP contribution in [0.2, 0.25) is 0 Å². The third kappa shape index (κ3) is 3.03. The fourth-order valence-electron chi connectivity index (χ4n) is 4.19. The van der Waals surface area contributed by atoms with Gasteiger partial charge in [0.1, 0.15) is 0 Å². The molecule has 4 nitrogen and oxygen atoms in total. The highest BCUT2D eigenvalue weighted by atomic mass is 32.1. The largest absolute Gasteiger partial charge is 0.348 e. The Kier molecular flexibility index (Phi) is 4.38. The van der Waals surface area contributed by atoms with E-state index in [1.807, 2.05) is 11.3 Å². The van der Waals surface area contributed by atoms with Crippen molar-refractivity contribution < 1.29 is 0 Å². The van der Waals surface area contributed by atoms with E-state index in [4.69, 9.17) is 0 Å². The highest BCUT2D eigenvalue weighted by Crippen LogP contribution is 2.29. The van der Waals surface area contributed by atoms with E-state index in [1.165, 1.54) is 74.8 Å². The van der Waals surface area contributed by atoms with Crippen LogP contribution < -0.4 is 4.90 Å². The number of hydrogen-bond donors (Lipinski definition) is 0. The van der Waals surface area contributed by atoms with Crippen LogP contribution in [0.25, 0.3) is 0 Å². The minimum Gasteiger partial charge on any atom is -0.348 e. The number of likely N-dealkylation sites (tertiary alicyclic amines) is 2. The first-order chi connectivity index (χ1) is 10.8. The zero-order valence-corrected chi connectivity index (χ0v) is 14.5. The molecule has 1 aromatic heterocycles. The molecule has 0 bridgehead atoms. The first-order valence-corrected chi connectivity index (χ1v) is 9.79. The van der Waals surface area contributed by atoms with Crippen molar-refractivity contribution in [1.29, 1.82) is 0 Å². The lowest BCUT2D eigenvalue weighted by molar-refractivity contribution is -0.00577. The van der Waals surface area contributed by atoms with Crippen molar-refractivity contribution in [3.05, 3.63) is 11.1 Å². The molecular weight excluding hydrogens is 292 g/mol. The van der Waals surface area contributed by atoms with Gasteiger partial charge in [-0.1, -0.05) is 6.42 Å². The Morgan fingerprint density at radius 3 is 2.68 bits per heavy atom. The van der Waals surface area contributed by atoms with Crippen LogP contribution in [0.5, 0.6) is 0 Å². The second-order valence-corrected chi connectivity index (χ2v) is 8.33. The number of piperidine rings is 1. The smallest absolute Gasteiger partial charge is 0.185 e. The Hall–Kier alpha value is -0.650. The zero-order valence-electron chi connectivity index (χ0n) is 13.7. The van der Waals surface area contributed by atoms with Crippen molar-refractivity contribution >= 4 is 16.5 Å². The normalized spacial score (nSPS) is 28.2. The van der Waals surface area contributed by atoms with E-state index in [0.29, 0.717) is 0 Å². The van der Waals surface area contributed by atoms with Gasteiger partial charge < -0.3 is 4.90 Å². The van der Waals surface area contributed by atoms with Gasteiger partial charge in [-0.05, 0) is 39.2 Å². The first-order valence-electron chi connectivity index (χ1n) is 8.97. The molecule has 1 aromatic rings. The third-order valence-electron chi connectivity index (χ3n) is 5.56. The molecule has 0 aliphatic carbocycles. The van der Waals surface area contributed by atoms with Crippen LogP contribution in [-0.2, 0) is 6.54 Å². The first kappa shape index (κ1) is 14.9. The average Bonchev–Trinajstić information content (AvgIpc) is 3.14. The SMILES string of the molecule is C[C@H]1CCCCN1C1CN(Cc2cnc(N3CCCC3)s2)C1. The van der Waals surface area contributed by atoms with E-state index in [0.717, 1.165) is 18.6 Å². The monoisotopic (exact) mass is 320 g/mol. The summed E-state index contributed by atoms with van der Waals surface area (Å²) in [4.78, 5) is 13.9. The third-order valence-corrected chi connectivity index (χ3v) is 6.60. The number of rotatable bonds is 4. The van der Waals surface area contributed by atoms with E-state index >= 15 is 0 Å². The molecule has 4 rings (SSSR count). The highest BCUT2D eigenvalue weighted by Gasteiger charge is 2.35. The van der Waals surface area contributed by atoms with Crippen LogP contribution in [0.1, 0.15) is 43.9 Å². The number of nitrogens with zero attached hydrogens (tertiary/aromatic N) is 4. The molecule has 0 radical (unpaired) electrons. The lowest BCUT2D eigenvalue weighted by Gasteiger charge is -2.49. The molecule has 3 saturated heterocycles. The molecule has 0 unspecified atom stereocenters. The van der Waals surface area contributed by atoms with E-state index in [1.54, 1.807) is 0 Å². The predicted octanol–water partition coefficient (Wildman–Crippen LogP) is 2.80. The summed E-state index contributed by atoms with van der Waals surface area (Å²) in [7, 11) is 0. The minimum absolute atomic E-state index is 0.797. The van der Waals surface area contributed by atoms with Gasteiger partial charge in [0.2, 0.25) is 0 Å². The molecule has 3 fully saturated rings. The van der Waals surface area contributed by atoms with Gasteiger partial charge in [-0.15, -0.1) is 11.3 Å². The van der Waals surface area contributed by atoms with E-state index < -0.39 is 0 Å². The Balaban J connectivity index is 1.27. The standard InChI is InChI=1S/C17H28N4S/c1-14-6-2-3-9-21(14)15-11-19(12-15)13-16-10-18-17(22-16)20-7-4-5-8-20/h10,14-15H,2-9,11-13H2,1H3/t14-/m0/s1. The van der Waals surface area contributed by atoms with Crippen molar-refractivity contribution in [2.45, 2.75) is 57.7 Å². The number of hydrogen-bond acceptors (Lipinski definition) is 5. The van der Waals surface area contributed by atoms with E-state index in [-0.39, 0.29) is 0 Å². The molecule has 122 valence electrons. The van der Waals surface area contributed by atoms with E-state index in [2.05, 4.69) is 32.8 Å². The predicted molar refractivity (Wildman–Crippen MR) is 92.6 cm³/mol. The fraction of sp³-hybridized carbons (Fsp3) is 0.824. The summed E-state index contributed by atoms with van der Waals surface area (Å²) in [6.07, 6.45) is 8.98. The topological polar surface area (TPSA) is 22.6 Å². The maximum Gasteiger partial charge on any atom is 0.185 e. The number of thiazole rings is 1. The van der Waals surface area contributed by atoms with Gasteiger partial charge >= 0.3 is 0 Å². The van der Waals surface area contributed by atoms with Crippen LogP contribution in [0, 0.1) is 0 Å². The van der Waals surface area contributed by atoms with Crippen LogP contribution in [-0.4, -0.2) is 59.6 Å². The van der Waals surface area contributed by atoms with Gasteiger partial charge in [0, 0.05) is 55.9 Å². The van der Waals surface area contributed by atoms with Gasteiger partial charge in [0.25, 0.3) is 0 Å². The van der Waals surface area contributed by atoms with Gasteiger partial charge in [-0.25, -0.2) is 4.98 Å². The fourth-order valence-corrected chi connectivity index (χ4v) is 5.19. The van der Waals surface area contributed by atoms with Crippen LogP contribution in [0.3, 0.4) is 0 Å². The zero-order chi connectivity index (χ0) is 14.9. The minimum atomic E-state index is 0.797. The lowest BCUT2D eigenvalue weighted by Crippen LogP contribution is -2.61. The Labute approximate surface area is 138 Å². The molecule has 0 amide bonds. The maximum absolute atomic E-state index is 4.64. The molecule has 22 heavy (non-hydrogen) atoms. The number of anilines is 1. The lowest BCUT2D eigenvalue weighted by atomic mass is 9.97. The Morgan fingerprint density at radius 2 is 1.91 bits per heavy atom. The van der Waals surface area contributed by atoms with Crippen molar-refractivity contribution in [3.8, 4) is 0 Å². The van der Waals surface area contributed by atoms with Crippen LogP contribution in [0.4, 0.5) is 5.13 Å². The summed E-state index contributed by atoms with van der Waals surface area (Å²) in [5, 5.41) is 1.24. The van der Waals surface area contributed by atoms with Crippen LogP contribution in [0.15, 0.2) is 6.20 Å². The van der Waals surface area contributed by atoms with Crippen molar-refractivity contribution in [3.63, 3.8) is 0 Å². The molecular formula is C17H28N4S. The Bertz CT molecular complexity index is 491. The molecule has 4 heterocycles. The van der Waals surface area contributed by atoms with Crippen molar-refractivity contribution in [1.82, 2.24) is 14.8 Å². The van der Waals surface area contributed by atoms with Crippen molar-refractivity contribution in [2.24, 2.45) is 0 Å². The highest BCUT2D eigenvalue weighted by molar-refractivity contribution is 7.15. The van der Waals surface area contributed by atoms with E-state index in [9.17, 15) is 0 Å². The van der Waals surface area contributed by atoms with Gasteiger partial charge in [-0.2, -0.15) is 0 Å². The summed E-state index contributed by atoms with van der Waals surface area (Å²) in [5.41, 5.74) is 0. The summed E-state index contributed by atoms with van der Waals surface area (Å²) >= 11 is 1.90. The van der Waals surface area contributed by atoms with Gasteiger partial charge in [0.15, 0.2) is 5.13 Å². The van der Waals surface area contributed by atoms with Crippen LogP contribution >= 0.6 is 11.3 Å². The quantitative estimate of drug-likeness (QED) is 0.851. The van der Waals surface area contributed by atoms with Gasteiger partial charge in [-0.3, -0.25) is 9.80 Å². The molecule has 0 N–H and O–H groups in total. The molecule has 3 aliphatic heterocycles.